The van der Waals surface area contributed by atoms with E-state index in [1.807, 2.05) is 24.3 Å². The Balaban J connectivity index is 1.82. The van der Waals surface area contributed by atoms with Gasteiger partial charge in [-0.05, 0) is 35.1 Å². The lowest BCUT2D eigenvalue weighted by atomic mass is 10.1. The van der Waals surface area contributed by atoms with Gasteiger partial charge in [0.2, 0.25) is 10.0 Å². The van der Waals surface area contributed by atoms with Crippen molar-refractivity contribution in [3.8, 4) is 5.88 Å². The van der Waals surface area contributed by atoms with Crippen molar-refractivity contribution in [1.29, 1.82) is 0 Å². The number of H-pyrrole nitrogens is 1. The highest BCUT2D eigenvalue weighted by Gasteiger charge is 2.16. The van der Waals surface area contributed by atoms with Crippen LogP contribution in [0.5, 0.6) is 5.88 Å². The van der Waals surface area contributed by atoms with Gasteiger partial charge in [0.15, 0.2) is 5.88 Å². The smallest absolute Gasteiger partial charge is 0.217 e. The number of hydrogen-bond donors (Lipinski definition) is 2. The minimum Gasteiger partial charge on any atom is -0.494 e. The normalized spacial score (nSPS) is 14.1. The van der Waals surface area contributed by atoms with E-state index in [0.29, 0.717) is 11.1 Å². The molecular weight excluding hydrogens is 364 g/mol. The van der Waals surface area contributed by atoms with Crippen LogP contribution >= 0.6 is 0 Å². The van der Waals surface area contributed by atoms with E-state index in [9.17, 15) is 13.5 Å². The number of benzene rings is 2. The van der Waals surface area contributed by atoms with Gasteiger partial charge in [-0.3, -0.25) is 0 Å². The Labute approximate surface area is 156 Å². The summed E-state index contributed by atoms with van der Waals surface area (Å²) in [4.78, 5) is 2.93. The second kappa shape index (κ2) is 6.33. The molecule has 0 aliphatic carbocycles. The fourth-order valence-electron chi connectivity index (χ4n) is 2.99. The Bertz CT molecular complexity index is 1300. The molecular formula is C19H18N4O3S. The lowest BCUT2D eigenvalue weighted by Gasteiger charge is -2.11. The van der Waals surface area contributed by atoms with Crippen molar-refractivity contribution in [1.82, 2.24) is 9.29 Å². The number of azo groups is 1. The van der Waals surface area contributed by atoms with Crippen molar-refractivity contribution >= 4 is 38.9 Å². The third-order valence-electron chi connectivity index (χ3n) is 4.52. The molecule has 0 fully saturated rings. The molecule has 0 amide bonds. The summed E-state index contributed by atoms with van der Waals surface area (Å²) in [6.07, 6.45) is 3.53. The molecule has 8 heteroatoms. The zero-order chi connectivity index (χ0) is 19.2. The SMILES string of the molecule is CN(C)S(=O)(=O)Cc1ccc2[nH]c(O)c(C=c3ccc4c(c3)N=NC=4)c2c1. The van der Waals surface area contributed by atoms with Crippen LogP contribution < -0.4 is 10.4 Å². The van der Waals surface area contributed by atoms with E-state index in [4.69, 9.17) is 0 Å². The van der Waals surface area contributed by atoms with Crippen LogP contribution in [0, 0.1) is 0 Å². The van der Waals surface area contributed by atoms with Gasteiger partial charge < -0.3 is 10.1 Å². The highest BCUT2D eigenvalue weighted by Crippen LogP contribution is 2.29. The van der Waals surface area contributed by atoms with Gasteiger partial charge in [-0.15, -0.1) is 0 Å². The maximum Gasteiger partial charge on any atom is 0.217 e. The van der Waals surface area contributed by atoms with Gasteiger partial charge in [0.25, 0.3) is 0 Å². The van der Waals surface area contributed by atoms with Crippen LogP contribution in [0.4, 0.5) is 5.69 Å². The molecule has 2 heterocycles. The minimum atomic E-state index is -3.37. The van der Waals surface area contributed by atoms with Gasteiger partial charge in [0.05, 0.1) is 17.6 Å². The van der Waals surface area contributed by atoms with Crippen LogP contribution in [0.1, 0.15) is 11.1 Å². The number of rotatable bonds is 4. The van der Waals surface area contributed by atoms with E-state index >= 15 is 0 Å². The summed E-state index contributed by atoms with van der Waals surface area (Å²) in [5, 5.41) is 20.9. The van der Waals surface area contributed by atoms with Crippen LogP contribution in [0.25, 0.3) is 23.2 Å². The summed E-state index contributed by atoms with van der Waals surface area (Å²) >= 11 is 0. The number of aromatic amines is 1. The Morgan fingerprint density at radius 3 is 2.78 bits per heavy atom. The predicted octanol–water partition coefficient (Wildman–Crippen LogP) is 1.93. The van der Waals surface area contributed by atoms with Gasteiger partial charge in [-0.1, -0.05) is 18.2 Å². The molecule has 4 rings (SSSR count). The van der Waals surface area contributed by atoms with E-state index in [1.165, 1.54) is 18.4 Å². The van der Waals surface area contributed by atoms with Crippen molar-refractivity contribution in [3.05, 3.63) is 58.0 Å². The van der Waals surface area contributed by atoms with Crippen LogP contribution in [0.3, 0.4) is 0 Å². The molecule has 0 unspecified atom stereocenters. The molecule has 27 heavy (non-hydrogen) atoms. The zero-order valence-electron chi connectivity index (χ0n) is 14.8. The van der Waals surface area contributed by atoms with E-state index < -0.39 is 10.0 Å². The van der Waals surface area contributed by atoms with Crippen molar-refractivity contribution in [3.63, 3.8) is 0 Å². The van der Waals surface area contributed by atoms with Crippen molar-refractivity contribution in [2.45, 2.75) is 5.75 Å². The maximum absolute atomic E-state index is 12.2. The second-order valence-corrected chi connectivity index (χ2v) is 8.80. The van der Waals surface area contributed by atoms with Crippen LogP contribution in [-0.2, 0) is 15.8 Å². The Kier molecular flexibility index (Phi) is 4.09. The first-order chi connectivity index (χ1) is 12.8. The Morgan fingerprint density at radius 2 is 2.00 bits per heavy atom. The fraction of sp³-hybridized carbons (Fsp3) is 0.158. The van der Waals surface area contributed by atoms with Crippen LogP contribution in [0.2, 0.25) is 0 Å². The van der Waals surface area contributed by atoms with Gasteiger partial charge in [-0.25, -0.2) is 12.7 Å². The number of aromatic nitrogens is 1. The first-order valence-electron chi connectivity index (χ1n) is 8.30. The molecule has 0 bridgehead atoms. The average Bonchev–Trinajstić information content (AvgIpc) is 3.19. The number of fused-ring (bicyclic) bond motifs is 2. The van der Waals surface area contributed by atoms with Gasteiger partial charge >= 0.3 is 0 Å². The lowest BCUT2D eigenvalue weighted by Crippen LogP contribution is -2.23. The topological polar surface area (TPSA) is 98.1 Å². The first kappa shape index (κ1) is 17.4. The largest absolute Gasteiger partial charge is 0.494 e. The number of nitrogens with zero attached hydrogens (tertiary/aromatic N) is 3. The molecule has 1 aliphatic rings. The van der Waals surface area contributed by atoms with E-state index in [2.05, 4.69) is 15.2 Å². The molecule has 0 radical (unpaired) electrons. The van der Waals surface area contributed by atoms with Gasteiger partial charge in [-0.2, -0.15) is 10.2 Å². The molecule has 1 aliphatic heterocycles. The highest BCUT2D eigenvalue weighted by molar-refractivity contribution is 7.88. The number of sulfonamides is 1. The molecule has 0 spiro atoms. The zero-order valence-corrected chi connectivity index (χ0v) is 15.7. The molecule has 1 aromatic heterocycles. The first-order valence-corrected chi connectivity index (χ1v) is 9.91. The van der Waals surface area contributed by atoms with E-state index in [0.717, 1.165) is 27.0 Å². The van der Waals surface area contributed by atoms with Gasteiger partial charge in [0, 0.05) is 35.8 Å². The van der Waals surface area contributed by atoms with Crippen LogP contribution in [-0.4, -0.2) is 36.9 Å². The molecule has 2 aromatic carbocycles. The van der Waals surface area contributed by atoms with Crippen LogP contribution in [0.15, 0.2) is 46.6 Å². The minimum absolute atomic E-state index is 0.0336. The Morgan fingerprint density at radius 1 is 1.19 bits per heavy atom. The summed E-state index contributed by atoms with van der Waals surface area (Å²) in [5.41, 5.74) is 2.77. The molecule has 138 valence electrons. The number of hydrogen-bond acceptors (Lipinski definition) is 5. The molecule has 7 nitrogen and oxygen atoms in total. The molecule has 0 atom stereocenters. The Hall–Kier alpha value is -2.97. The predicted molar refractivity (Wildman–Crippen MR) is 105 cm³/mol. The molecule has 2 N–H and O–H groups in total. The summed E-state index contributed by atoms with van der Waals surface area (Å²) in [6.45, 7) is 0. The average molecular weight is 382 g/mol. The summed E-state index contributed by atoms with van der Waals surface area (Å²) in [7, 11) is -0.344. The number of aromatic hydroxyl groups is 1. The van der Waals surface area contributed by atoms with E-state index in [-0.39, 0.29) is 11.6 Å². The highest BCUT2D eigenvalue weighted by atomic mass is 32.2. The third kappa shape index (κ3) is 3.24. The summed E-state index contributed by atoms with van der Waals surface area (Å²) in [5.74, 6) is -0.0672. The van der Waals surface area contributed by atoms with Crippen molar-refractivity contribution in [2.24, 2.45) is 10.2 Å². The maximum atomic E-state index is 12.2. The molecule has 0 saturated carbocycles. The van der Waals surface area contributed by atoms with Crippen molar-refractivity contribution in [2.75, 3.05) is 14.1 Å². The van der Waals surface area contributed by atoms with Gasteiger partial charge in [0.1, 0.15) is 0 Å². The summed E-state index contributed by atoms with van der Waals surface area (Å²) in [6, 6.07) is 11.0. The fourth-order valence-corrected chi connectivity index (χ4v) is 3.85. The van der Waals surface area contributed by atoms with E-state index in [1.54, 1.807) is 24.4 Å². The van der Waals surface area contributed by atoms with Crippen molar-refractivity contribution < 1.29 is 13.5 Å². The monoisotopic (exact) mass is 382 g/mol. The number of nitrogens with one attached hydrogen (secondary N) is 1. The quantitative estimate of drug-likeness (QED) is 0.721. The standard InChI is InChI=1S/C19H18N4O3S/c1-23(2)27(25,26)11-13-4-6-17-15(8-13)16(19(24)21-17)7-12-3-5-14-10-20-22-18(14)9-12/h3-10,21,24H,11H2,1-2H3. The second-order valence-electron chi connectivity index (χ2n) is 6.61. The summed E-state index contributed by atoms with van der Waals surface area (Å²) < 4.78 is 25.5. The molecule has 3 aromatic rings. The molecule has 0 saturated heterocycles. The third-order valence-corrected chi connectivity index (χ3v) is 6.33. The lowest BCUT2D eigenvalue weighted by molar-refractivity contribution is 0.457.